The molecule has 4 rings (SSSR count). The van der Waals surface area contributed by atoms with E-state index in [1.807, 2.05) is 44.7 Å². The number of aryl methyl sites for hydroxylation is 2. The van der Waals surface area contributed by atoms with E-state index < -0.39 is 0 Å². The summed E-state index contributed by atoms with van der Waals surface area (Å²) in [4.78, 5) is 12.1. The van der Waals surface area contributed by atoms with Gasteiger partial charge in [0.15, 0.2) is 0 Å². The van der Waals surface area contributed by atoms with Crippen molar-refractivity contribution in [3.63, 3.8) is 0 Å². The summed E-state index contributed by atoms with van der Waals surface area (Å²) in [6.45, 7) is 16.6. The number of nitrogens with one attached hydrogen (secondary N) is 1. The van der Waals surface area contributed by atoms with Crippen molar-refractivity contribution in [3.8, 4) is 0 Å². The van der Waals surface area contributed by atoms with Crippen molar-refractivity contribution in [1.82, 2.24) is 9.97 Å². The number of pyridine rings is 1. The Hall–Kier alpha value is -3.72. The first-order chi connectivity index (χ1) is 18.6. The number of rotatable bonds is 10. The summed E-state index contributed by atoms with van der Waals surface area (Å²) in [5.74, 6) is 0. The number of aromatic amines is 1. The molecule has 0 amide bonds. The van der Waals surface area contributed by atoms with Gasteiger partial charge < -0.3 is 4.98 Å². The number of nitrogens with zero attached hydrogens (tertiary/aromatic N) is 2. The minimum atomic E-state index is 0.843. The quantitative estimate of drug-likeness (QED) is 0.215. The van der Waals surface area contributed by atoms with E-state index in [9.17, 15) is 0 Å². The molecule has 0 radical (unpaired) electrons. The maximum atomic E-state index is 4.57. The van der Waals surface area contributed by atoms with Crippen LogP contribution in [0.25, 0.3) is 11.1 Å². The molecule has 3 heteroatoms. The van der Waals surface area contributed by atoms with Gasteiger partial charge in [0.1, 0.15) is 0 Å². The van der Waals surface area contributed by atoms with E-state index in [2.05, 4.69) is 104 Å². The van der Waals surface area contributed by atoms with E-state index in [1.54, 1.807) is 0 Å². The van der Waals surface area contributed by atoms with Crippen LogP contribution in [0.3, 0.4) is 0 Å². The number of hydrogen-bond acceptors (Lipinski definition) is 2. The van der Waals surface area contributed by atoms with Crippen molar-refractivity contribution >= 4 is 17.4 Å². The van der Waals surface area contributed by atoms with Crippen molar-refractivity contribution < 1.29 is 0 Å². The van der Waals surface area contributed by atoms with E-state index in [0.29, 0.717) is 0 Å². The predicted molar refractivity (Wildman–Crippen MR) is 168 cm³/mol. The molecule has 0 saturated carbocycles. The summed E-state index contributed by atoms with van der Waals surface area (Å²) in [6.07, 6.45) is 19.2. The van der Waals surface area contributed by atoms with Crippen LogP contribution in [0.1, 0.15) is 87.5 Å². The van der Waals surface area contributed by atoms with Gasteiger partial charge in [0.2, 0.25) is 0 Å². The van der Waals surface area contributed by atoms with Gasteiger partial charge in [0.25, 0.3) is 0 Å². The van der Waals surface area contributed by atoms with E-state index in [0.717, 1.165) is 42.5 Å². The molecule has 0 saturated heterocycles. The Balaban J connectivity index is 0.000000947. The van der Waals surface area contributed by atoms with Crippen molar-refractivity contribution in [2.75, 3.05) is 0 Å². The van der Waals surface area contributed by atoms with Gasteiger partial charge in [0.05, 0.1) is 0 Å². The molecule has 3 aromatic rings. The summed E-state index contributed by atoms with van der Waals surface area (Å²) in [5.41, 5.74) is 11.0. The first-order valence-electron chi connectivity index (χ1n) is 14.0. The Labute approximate surface area is 230 Å². The summed E-state index contributed by atoms with van der Waals surface area (Å²) < 4.78 is 0. The SMILES string of the molecule is C=C/C(CC)=C(\c1ccc(C)cc1)c1cc[nH]c1CC/C=C\Cc1ccc(C2=CN=C2)cn1.CC.CCC. The summed E-state index contributed by atoms with van der Waals surface area (Å²) in [7, 11) is 0. The van der Waals surface area contributed by atoms with E-state index in [1.165, 1.54) is 40.0 Å². The zero-order valence-electron chi connectivity index (χ0n) is 24.2. The predicted octanol–water partition coefficient (Wildman–Crippen LogP) is 9.72. The van der Waals surface area contributed by atoms with Gasteiger partial charge in [-0.15, -0.1) is 0 Å². The van der Waals surface area contributed by atoms with Crippen molar-refractivity contribution in [2.24, 2.45) is 4.99 Å². The standard InChI is InChI=1S/C30H31N3.C3H8.C2H6/c1-4-23(5-2)30(24-13-11-22(3)12-14-24)28-17-18-32-29(28)10-8-6-7-9-27-16-15-25(21-33-27)26-19-31-20-26;1-3-2;1-2/h4,6-7,11-21,32H,1,5,8-10H2,2-3H3;3H2,1-2H3;1-2H3/b7-6-,30-23-;;. The number of allylic oxidation sites excluding steroid dienone is 5. The van der Waals surface area contributed by atoms with Crippen LogP contribution in [0.4, 0.5) is 0 Å². The third-order valence-electron chi connectivity index (χ3n) is 6.03. The van der Waals surface area contributed by atoms with Crippen LogP contribution in [0.15, 0.2) is 96.4 Å². The second-order valence-electron chi connectivity index (χ2n) is 9.02. The number of benzene rings is 1. The zero-order chi connectivity index (χ0) is 27.8. The van der Waals surface area contributed by atoms with Crippen LogP contribution >= 0.6 is 0 Å². The van der Waals surface area contributed by atoms with Crippen LogP contribution in [0, 0.1) is 6.92 Å². The fourth-order valence-corrected chi connectivity index (χ4v) is 4.07. The molecule has 0 bridgehead atoms. The molecule has 1 N–H and O–H groups in total. The lowest BCUT2D eigenvalue weighted by molar-refractivity contribution is 0.947. The zero-order valence-corrected chi connectivity index (χ0v) is 24.2. The van der Waals surface area contributed by atoms with Gasteiger partial charge >= 0.3 is 0 Å². The minimum absolute atomic E-state index is 0.843. The monoisotopic (exact) mass is 507 g/mol. The molecular weight excluding hydrogens is 462 g/mol. The molecule has 0 fully saturated rings. The van der Waals surface area contributed by atoms with Gasteiger partial charge in [-0.25, -0.2) is 0 Å². The van der Waals surface area contributed by atoms with Gasteiger partial charge in [0, 0.05) is 59.3 Å². The molecule has 2 aromatic heterocycles. The van der Waals surface area contributed by atoms with Crippen LogP contribution in [-0.4, -0.2) is 16.2 Å². The molecule has 0 atom stereocenters. The maximum absolute atomic E-state index is 4.57. The van der Waals surface area contributed by atoms with Gasteiger partial charge in [-0.05, 0) is 55.0 Å². The summed E-state index contributed by atoms with van der Waals surface area (Å²) in [6, 6.07) is 15.2. The number of H-pyrrole nitrogens is 1. The van der Waals surface area contributed by atoms with Crippen LogP contribution < -0.4 is 0 Å². The van der Waals surface area contributed by atoms with Gasteiger partial charge in [-0.3, -0.25) is 9.98 Å². The molecule has 1 aromatic carbocycles. The topological polar surface area (TPSA) is 41.0 Å². The second kappa shape index (κ2) is 16.9. The average molecular weight is 508 g/mol. The molecule has 0 aliphatic carbocycles. The molecule has 200 valence electrons. The highest BCUT2D eigenvalue weighted by molar-refractivity contribution is 6.14. The lowest BCUT2D eigenvalue weighted by Crippen LogP contribution is -1.97. The van der Waals surface area contributed by atoms with Gasteiger partial charge in [-0.1, -0.05) is 102 Å². The number of hydrogen-bond donors (Lipinski definition) is 1. The maximum Gasteiger partial charge on any atom is 0.0441 e. The van der Waals surface area contributed by atoms with Crippen molar-refractivity contribution in [2.45, 2.75) is 73.6 Å². The molecule has 38 heavy (non-hydrogen) atoms. The van der Waals surface area contributed by atoms with Crippen LogP contribution in [0.2, 0.25) is 0 Å². The molecule has 3 heterocycles. The van der Waals surface area contributed by atoms with E-state index in [-0.39, 0.29) is 0 Å². The number of aliphatic imine (C=N–C) groups is 1. The highest BCUT2D eigenvalue weighted by atomic mass is 14.7. The molecule has 1 aliphatic heterocycles. The largest absolute Gasteiger partial charge is 0.364 e. The fourth-order valence-electron chi connectivity index (χ4n) is 4.07. The Morgan fingerprint density at radius 1 is 0.974 bits per heavy atom. The second-order valence-corrected chi connectivity index (χ2v) is 9.02. The number of aromatic nitrogens is 2. The molecule has 3 nitrogen and oxygen atoms in total. The average Bonchev–Trinajstić information content (AvgIpc) is 3.37. The Bertz CT molecular complexity index is 1230. The fraction of sp³-hybridized carbons (Fsp3) is 0.314. The first-order valence-corrected chi connectivity index (χ1v) is 14.0. The minimum Gasteiger partial charge on any atom is -0.364 e. The Morgan fingerprint density at radius 3 is 2.24 bits per heavy atom. The van der Waals surface area contributed by atoms with Crippen LogP contribution in [-0.2, 0) is 12.8 Å². The van der Waals surface area contributed by atoms with Gasteiger partial charge in [-0.2, -0.15) is 0 Å². The molecule has 1 aliphatic rings. The highest BCUT2D eigenvalue weighted by Crippen LogP contribution is 2.32. The van der Waals surface area contributed by atoms with E-state index >= 15 is 0 Å². The van der Waals surface area contributed by atoms with Crippen LogP contribution in [0.5, 0.6) is 0 Å². The first kappa shape index (κ1) is 30.5. The Morgan fingerprint density at radius 2 is 1.68 bits per heavy atom. The van der Waals surface area contributed by atoms with Crippen molar-refractivity contribution in [3.05, 3.63) is 125 Å². The highest BCUT2D eigenvalue weighted by Gasteiger charge is 2.14. The Kier molecular flexibility index (Phi) is 13.6. The summed E-state index contributed by atoms with van der Waals surface area (Å²) in [5, 5.41) is 0. The molecular formula is C35H45N3. The third-order valence-corrected chi connectivity index (χ3v) is 6.03. The van der Waals surface area contributed by atoms with Crippen molar-refractivity contribution in [1.29, 1.82) is 0 Å². The van der Waals surface area contributed by atoms with E-state index in [4.69, 9.17) is 0 Å². The lowest BCUT2D eigenvalue weighted by atomic mass is 9.90. The third kappa shape index (κ3) is 8.69. The smallest absolute Gasteiger partial charge is 0.0441 e. The molecule has 0 spiro atoms. The summed E-state index contributed by atoms with van der Waals surface area (Å²) >= 11 is 0. The molecule has 0 unspecified atom stereocenters. The normalized spacial score (nSPS) is 12.4. The lowest BCUT2D eigenvalue weighted by Gasteiger charge is -2.14.